The van der Waals surface area contributed by atoms with Gasteiger partial charge in [-0.25, -0.2) is 9.59 Å². The van der Waals surface area contributed by atoms with Crippen LogP contribution in [0.5, 0.6) is 11.5 Å². The largest absolute Gasteiger partial charge is 0.497 e. The quantitative estimate of drug-likeness (QED) is 0.250. The summed E-state index contributed by atoms with van der Waals surface area (Å²) >= 11 is 0. The zero-order chi connectivity index (χ0) is 24.0. The number of fused-ring (bicyclic) bond motifs is 1. The summed E-state index contributed by atoms with van der Waals surface area (Å²) in [7, 11) is 3.15. The van der Waals surface area contributed by atoms with Crippen molar-refractivity contribution in [3.8, 4) is 11.5 Å². The molecular weight excluding hydrogens is 459 g/mol. The molecule has 0 amide bonds. The molecule has 4 rings (SSSR count). The molecule has 2 aromatic carbocycles. The molecule has 180 valence electrons. The van der Waals surface area contributed by atoms with Gasteiger partial charge in [-0.1, -0.05) is 6.07 Å². The second-order valence-corrected chi connectivity index (χ2v) is 7.37. The maximum absolute atomic E-state index is 11.7. The van der Waals surface area contributed by atoms with Crippen LogP contribution in [0.15, 0.2) is 71.3 Å². The van der Waals surface area contributed by atoms with Crippen LogP contribution in [0.3, 0.4) is 0 Å². The Morgan fingerprint density at radius 3 is 2.21 bits per heavy atom. The zero-order valence-corrected chi connectivity index (χ0v) is 20.8. The molecule has 0 aliphatic carbocycles. The van der Waals surface area contributed by atoms with Gasteiger partial charge in [0.15, 0.2) is 11.0 Å². The third kappa shape index (κ3) is 6.59. The van der Waals surface area contributed by atoms with Crippen LogP contribution in [0.4, 0.5) is 5.69 Å². The minimum Gasteiger partial charge on any atom is -0.497 e. The Morgan fingerprint density at radius 2 is 1.56 bits per heavy atom. The van der Waals surface area contributed by atoms with E-state index in [1.165, 1.54) is 26.1 Å². The molecule has 0 saturated carbocycles. The number of nitrogens with one attached hydrogen (secondary N) is 2. The van der Waals surface area contributed by atoms with Gasteiger partial charge >= 0.3 is 11.9 Å². The van der Waals surface area contributed by atoms with Crippen molar-refractivity contribution < 1.29 is 28.5 Å². The molecule has 1 aliphatic heterocycles. The van der Waals surface area contributed by atoms with Crippen LogP contribution in [-0.2, 0) is 19.1 Å². The van der Waals surface area contributed by atoms with Gasteiger partial charge in [-0.05, 0) is 24.3 Å². The summed E-state index contributed by atoms with van der Waals surface area (Å²) in [5, 5.41) is 3.52. The lowest BCUT2D eigenvalue weighted by Crippen LogP contribution is -2.42. The molecule has 1 aromatic heterocycles. The van der Waals surface area contributed by atoms with Crippen molar-refractivity contribution in [1.29, 1.82) is 0 Å². The number of rotatable bonds is 4. The van der Waals surface area contributed by atoms with Gasteiger partial charge in [-0.3, -0.25) is 4.79 Å². The lowest BCUT2D eigenvalue weighted by atomic mass is 10.2. The van der Waals surface area contributed by atoms with Crippen molar-refractivity contribution in [3.63, 3.8) is 0 Å². The predicted octanol–water partition coefficient (Wildman–Crippen LogP) is 3.42. The molecule has 2 N–H and O–H groups in total. The number of carbonyl (C=O) groups is 2. The third-order valence-corrected chi connectivity index (χ3v) is 4.54. The van der Waals surface area contributed by atoms with Crippen LogP contribution in [-0.4, -0.2) is 36.9 Å². The molecule has 0 radical (unpaired) electrons. The van der Waals surface area contributed by atoms with Gasteiger partial charge in [0.25, 0.3) is 5.79 Å². The fourth-order valence-electron chi connectivity index (χ4n) is 2.93. The molecule has 0 spiro atoms. The molecule has 1 aliphatic rings. The van der Waals surface area contributed by atoms with Crippen LogP contribution in [0.25, 0.3) is 10.9 Å². The topological polar surface area (TPSA) is 116 Å². The molecule has 0 bridgehead atoms. The van der Waals surface area contributed by atoms with E-state index in [0.717, 1.165) is 11.3 Å². The minimum absolute atomic E-state index is 0. The fourth-order valence-corrected chi connectivity index (χ4v) is 2.93. The van der Waals surface area contributed by atoms with E-state index in [1.807, 2.05) is 0 Å². The summed E-state index contributed by atoms with van der Waals surface area (Å²) in [6.07, 6.45) is 2.89. The van der Waals surface area contributed by atoms with Gasteiger partial charge in [0, 0.05) is 55.5 Å². The normalized spacial score (nSPS) is 13.9. The first-order valence-electron chi connectivity index (χ1n) is 9.95. The Bertz CT molecular complexity index is 1250. The summed E-state index contributed by atoms with van der Waals surface area (Å²) < 4.78 is 20.1. The summed E-state index contributed by atoms with van der Waals surface area (Å²) in [5.41, 5.74) is 1.30. The van der Waals surface area contributed by atoms with E-state index in [4.69, 9.17) is 18.9 Å². The maximum atomic E-state index is 11.7. The lowest BCUT2D eigenvalue weighted by Gasteiger charge is -2.29. The number of H-pyrrole nitrogens is 1. The second kappa shape index (κ2) is 11.3. The van der Waals surface area contributed by atoms with Crippen LogP contribution >= 0.6 is 9.90 Å². The third-order valence-electron chi connectivity index (χ3n) is 4.54. The molecule has 1 saturated heterocycles. The number of aromatic amines is 1. The highest BCUT2D eigenvalue weighted by molar-refractivity contribution is 6.92. The lowest BCUT2D eigenvalue weighted by molar-refractivity contribution is -0.222. The van der Waals surface area contributed by atoms with E-state index in [-0.39, 0.29) is 20.9 Å². The number of carbonyl (C=O) groups excluding carboxylic acids is 2. The average Bonchev–Trinajstić information content (AvgIpc) is 2.78. The smallest absolute Gasteiger partial charge is 0.350 e. The highest BCUT2D eigenvalue weighted by atomic mass is 31.0. The van der Waals surface area contributed by atoms with Crippen molar-refractivity contribution in [2.75, 3.05) is 19.5 Å². The molecule has 1 fully saturated rings. The Labute approximate surface area is 199 Å². The summed E-state index contributed by atoms with van der Waals surface area (Å²) in [5.74, 6) is -1.28. The van der Waals surface area contributed by atoms with Gasteiger partial charge in [0.2, 0.25) is 0 Å². The molecule has 3 aromatic rings. The van der Waals surface area contributed by atoms with Gasteiger partial charge < -0.3 is 29.2 Å². The Hall–Kier alpha value is -3.84. The Kier molecular flexibility index (Phi) is 8.81. The summed E-state index contributed by atoms with van der Waals surface area (Å²) in [6.45, 7) is 2.99. The fraction of sp³-hybridized carbons (Fsp3) is 0.208. The van der Waals surface area contributed by atoms with Crippen LogP contribution in [0, 0.1) is 0 Å². The van der Waals surface area contributed by atoms with Crippen molar-refractivity contribution in [2.24, 2.45) is 0 Å². The standard InChI is InChI=1S/C14H15NO5.C10H9NO2.H3P/c1-14(2)19-12(16)11(13(17)20-14)8-15-9-5-4-6-10(7-9)18-3;1-13-7-2-3-8-9(6-7)11-5-4-10(8)12;/h4-8,15H,1-3H3;2-6H,1H3,(H,11,12);1H3. The Morgan fingerprint density at radius 1 is 0.912 bits per heavy atom. The number of anilines is 1. The van der Waals surface area contributed by atoms with Crippen molar-refractivity contribution >= 4 is 38.4 Å². The molecule has 2 heterocycles. The van der Waals surface area contributed by atoms with Crippen molar-refractivity contribution in [3.05, 3.63) is 76.7 Å². The van der Waals surface area contributed by atoms with Gasteiger partial charge in [0.1, 0.15) is 11.5 Å². The zero-order valence-electron chi connectivity index (χ0n) is 19.3. The highest BCUT2D eigenvalue weighted by Crippen LogP contribution is 2.23. The number of pyridine rings is 1. The Balaban J connectivity index is 0.000000253. The first kappa shape index (κ1) is 26.4. The number of benzene rings is 2. The van der Waals surface area contributed by atoms with Crippen LogP contribution in [0.2, 0.25) is 0 Å². The molecule has 9 nitrogen and oxygen atoms in total. The molecule has 1 unspecified atom stereocenters. The first-order chi connectivity index (χ1) is 15.7. The second-order valence-electron chi connectivity index (χ2n) is 7.37. The molecular formula is C24H27N2O7P. The van der Waals surface area contributed by atoms with E-state index < -0.39 is 17.7 Å². The highest BCUT2D eigenvalue weighted by Gasteiger charge is 2.38. The van der Waals surface area contributed by atoms with Gasteiger partial charge in [-0.2, -0.15) is 9.90 Å². The monoisotopic (exact) mass is 486 g/mol. The minimum atomic E-state index is -1.23. The summed E-state index contributed by atoms with van der Waals surface area (Å²) in [6, 6.07) is 13.9. The number of ether oxygens (including phenoxy) is 4. The van der Waals surface area contributed by atoms with E-state index >= 15 is 0 Å². The molecule has 10 heteroatoms. The van der Waals surface area contributed by atoms with Crippen molar-refractivity contribution in [1.82, 2.24) is 4.98 Å². The molecule has 1 atom stereocenters. The maximum Gasteiger partial charge on any atom is 0.350 e. The van der Waals surface area contributed by atoms with E-state index in [9.17, 15) is 14.4 Å². The van der Waals surface area contributed by atoms with Gasteiger partial charge in [-0.15, -0.1) is 0 Å². The number of hydrogen-bond acceptors (Lipinski definition) is 8. The van der Waals surface area contributed by atoms with Gasteiger partial charge in [0.05, 0.1) is 19.7 Å². The predicted molar refractivity (Wildman–Crippen MR) is 133 cm³/mol. The first-order valence-corrected chi connectivity index (χ1v) is 9.95. The van der Waals surface area contributed by atoms with Crippen LogP contribution < -0.4 is 20.2 Å². The molecule has 34 heavy (non-hydrogen) atoms. The SMILES string of the molecule is COc1ccc2c(=O)cc[nH]c2c1.COc1cccc(NC=C2C(=O)OC(C)(C)OC2=O)c1.P. The van der Waals surface area contributed by atoms with E-state index in [0.29, 0.717) is 16.8 Å². The number of cyclic esters (lactones) is 2. The van der Waals surface area contributed by atoms with E-state index in [2.05, 4.69) is 10.3 Å². The average molecular weight is 486 g/mol. The number of hydrogen-bond donors (Lipinski definition) is 2. The number of aromatic nitrogens is 1. The van der Waals surface area contributed by atoms with E-state index in [1.54, 1.807) is 62.9 Å². The van der Waals surface area contributed by atoms with Crippen molar-refractivity contribution in [2.45, 2.75) is 19.6 Å². The number of esters is 2. The number of methoxy groups -OCH3 is 2. The summed E-state index contributed by atoms with van der Waals surface area (Å²) in [4.78, 5) is 37.7. The van der Waals surface area contributed by atoms with Crippen LogP contribution in [0.1, 0.15) is 13.8 Å².